The highest BCUT2D eigenvalue weighted by Crippen LogP contribution is 2.29. The van der Waals surface area contributed by atoms with E-state index in [1.54, 1.807) is 6.92 Å². The molecule has 2 heterocycles. The van der Waals surface area contributed by atoms with Gasteiger partial charge in [-0.15, -0.1) is 11.6 Å². The molecule has 1 aliphatic heterocycles. The number of para-hydroxylation sites is 1. The van der Waals surface area contributed by atoms with E-state index in [9.17, 15) is 4.79 Å². The van der Waals surface area contributed by atoms with Gasteiger partial charge in [-0.1, -0.05) is 18.2 Å². The van der Waals surface area contributed by atoms with E-state index in [0.29, 0.717) is 5.92 Å². The van der Waals surface area contributed by atoms with Gasteiger partial charge >= 0.3 is 0 Å². The summed E-state index contributed by atoms with van der Waals surface area (Å²) in [6.45, 7) is 3.30. The number of hydrogen-bond donors (Lipinski definition) is 1. The average molecular weight is 277 g/mol. The van der Waals surface area contributed by atoms with Crippen molar-refractivity contribution in [1.29, 1.82) is 0 Å². The average Bonchev–Trinajstić information content (AvgIpc) is 3.03. The molecule has 0 spiro atoms. The summed E-state index contributed by atoms with van der Waals surface area (Å²) < 4.78 is 0. The van der Waals surface area contributed by atoms with Gasteiger partial charge in [0, 0.05) is 30.2 Å². The zero-order valence-electron chi connectivity index (χ0n) is 10.9. The van der Waals surface area contributed by atoms with Gasteiger partial charge in [-0.2, -0.15) is 0 Å². The minimum Gasteiger partial charge on any atom is -0.358 e. The number of benzene rings is 1. The second-order valence-electron chi connectivity index (χ2n) is 5.20. The number of likely N-dealkylation sites (tertiary alicyclic amines) is 1. The van der Waals surface area contributed by atoms with E-state index in [4.69, 9.17) is 11.6 Å². The number of amides is 1. The number of fused-ring (bicyclic) bond motifs is 1. The summed E-state index contributed by atoms with van der Waals surface area (Å²) in [5, 5.41) is 0.800. The maximum atomic E-state index is 11.9. The van der Waals surface area contributed by atoms with E-state index in [1.807, 2.05) is 17.0 Å². The van der Waals surface area contributed by atoms with Crippen LogP contribution in [0.25, 0.3) is 10.9 Å². The SMILES string of the molecule is CC(Cl)C(=O)N1CCC(c2cc3ccccc3[nH]2)C1. The molecule has 1 aromatic carbocycles. The van der Waals surface area contributed by atoms with Crippen LogP contribution in [0.4, 0.5) is 0 Å². The number of nitrogens with one attached hydrogen (secondary N) is 1. The number of aromatic amines is 1. The lowest BCUT2D eigenvalue weighted by Crippen LogP contribution is -2.33. The van der Waals surface area contributed by atoms with Crippen LogP contribution in [-0.2, 0) is 4.79 Å². The second-order valence-corrected chi connectivity index (χ2v) is 5.85. The number of hydrogen-bond acceptors (Lipinski definition) is 1. The lowest BCUT2D eigenvalue weighted by molar-refractivity contribution is -0.129. The first-order chi connectivity index (χ1) is 9.15. The largest absolute Gasteiger partial charge is 0.358 e. The highest BCUT2D eigenvalue weighted by molar-refractivity contribution is 6.30. The summed E-state index contributed by atoms with van der Waals surface area (Å²) in [6, 6.07) is 10.4. The van der Waals surface area contributed by atoms with Crippen LogP contribution >= 0.6 is 11.6 Å². The van der Waals surface area contributed by atoms with Crippen molar-refractivity contribution in [3.05, 3.63) is 36.0 Å². The molecule has 0 radical (unpaired) electrons. The molecule has 0 saturated carbocycles. The van der Waals surface area contributed by atoms with Crippen molar-refractivity contribution < 1.29 is 4.79 Å². The van der Waals surface area contributed by atoms with Crippen LogP contribution in [0.1, 0.15) is 25.0 Å². The molecule has 0 aliphatic carbocycles. The summed E-state index contributed by atoms with van der Waals surface area (Å²) in [5.41, 5.74) is 2.38. The fourth-order valence-corrected chi connectivity index (χ4v) is 2.92. The molecular formula is C15H17ClN2O. The quantitative estimate of drug-likeness (QED) is 0.841. The number of nitrogens with zero attached hydrogens (tertiary/aromatic N) is 1. The predicted molar refractivity (Wildman–Crippen MR) is 77.6 cm³/mol. The first kappa shape index (κ1) is 12.5. The van der Waals surface area contributed by atoms with Gasteiger partial charge in [0.15, 0.2) is 0 Å². The van der Waals surface area contributed by atoms with Crippen LogP contribution in [0.15, 0.2) is 30.3 Å². The van der Waals surface area contributed by atoms with Crippen molar-refractivity contribution in [3.63, 3.8) is 0 Å². The minimum absolute atomic E-state index is 0.0419. The van der Waals surface area contributed by atoms with Crippen molar-refractivity contribution >= 4 is 28.4 Å². The first-order valence-electron chi connectivity index (χ1n) is 6.65. The van der Waals surface area contributed by atoms with E-state index >= 15 is 0 Å². The minimum atomic E-state index is -0.429. The van der Waals surface area contributed by atoms with Gasteiger partial charge < -0.3 is 9.88 Å². The highest BCUT2D eigenvalue weighted by Gasteiger charge is 2.29. The molecule has 1 saturated heterocycles. The van der Waals surface area contributed by atoms with E-state index < -0.39 is 5.38 Å². The fourth-order valence-electron chi connectivity index (χ4n) is 2.78. The van der Waals surface area contributed by atoms with Crippen LogP contribution in [-0.4, -0.2) is 34.3 Å². The molecule has 2 unspecified atom stereocenters. The molecule has 1 amide bonds. The van der Waals surface area contributed by atoms with E-state index in [-0.39, 0.29) is 5.91 Å². The van der Waals surface area contributed by atoms with Gasteiger partial charge in [0.05, 0.1) is 0 Å². The van der Waals surface area contributed by atoms with Crippen LogP contribution in [0.3, 0.4) is 0 Å². The van der Waals surface area contributed by atoms with Crippen molar-refractivity contribution in [2.45, 2.75) is 24.6 Å². The number of rotatable bonds is 2. The topological polar surface area (TPSA) is 36.1 Å². The number of H-pyrrole nitrogens is 1. The zero-order valence-corrected chi connectivity index (χ0v) is 11.7. The van der Waals surface area contributed by atoms with E-state index in [0.717, 1.165) is 25.0 Å². The number of aromatic nitrogens is 1. The molecule has 3 rings (SSSR count). The Morgan fingerprint density at radius 3 is 3.00 bits per heavy atom. The summed E-state index contributed by atoms with van der Waals surface area (Å²) in [4.78, 5) is 17.2. The standard InChI is InChI=1S/C15H17ClN2O/c1-10(16)15(19)18-7-6-12(9-18)14-8-11-4-2-3-5-13(11)17-14/h2-5,8,10,12,17H,6-7,9H2,1H3. The number of halogens is 1. The Hall–Kier alpha value is -1.48. The van der Waals surface area contributed by atoms with Gasteiger partial charge in [-0.3, -0.25) is 4.79 Å². The van der Waals surface area contributed by atoms with Crippen LogP contribution in [0.2, 0.25) is 0 Å². The van der Waals surface area contributed by atoms with Crippen molar-refractivity contribution in [2.75, 3.05) is 13.1 Å². The maximum Gasteiger partial charge on any atom is 0.240 e. The molecule has 1 aliphatic rings. The normalized spacial score (nSPS) is 20.9. The van der Waals surface area contributed by atoms with Crippen molar-refractivity contribution in [3.8, 4) is 0 Å². The van der Waals surface area contributed by atoms with Gasteiger partial charge in [0.25, 0.3) is 0 Å². The Kier molecular flexibility index (Phi) is 3.23. The Labute approximate surface area is 117 Å². The Morgan fingerprint density at radius 2 is 2.26 bits per heavy atom. The molecule has 4 heteroatoms. The van der Waals surface area contributed by atoms with Crippen LogP contribution in [0, 0.1) is 0 Å². The zero-order chi connectivity index (χ0) is 13.4. The number of carbonyl (C=O) groups is 1. The molecule has 2 atom stereocenters. The van der Waals surface area contributed by atoms with Gasteiger partial charge in [0.1, 0.15) is 5.38 Å². The maximum absolute atomic E-state index is 11.9. The smallest absolute Gasteiger partial charge is 0.240 e. The number of carbonyl (C=O) groups excluding carboxylic acids is 1. The molecule has 1 aromatic heterocycles. The molecule has 2 aromatic rings. The molecule has 0 bridgehead atoms. The summed E-state index contributed by atoms with van der Waals surface area (Å²) in [5.74, 6) is 0.437. The molecule has 19 heavy (non-hydrogen) atoms. The highest BCUT2D eigenvalue weighted by atomic mass is 35.5. The molecule has 3 nitrogen and oxygen atoms in total. The van der Waals surface area contributed by atoms with Gasteiger partial charge in [0.2, 0.25) is 5.91 Å². The molecule has 1 N–H and O–H groups in total. The van der Waals surface area contributed by atoms with Gasteiger partial charge in [-0.25, -0.2) is 0 Å². The monoisotopic (exact) mass is 276 g/mol. The third-order valence-electron chi connectivity index (χ3n) is 3.83. The summed E-state index contributed by atoms with van der Waals surface area (Å²) in [6.07, 6.45) is 1.00. The summed E-state index contributed by atoms with van der Waals surface area (Å²) in [7, 11) is 0. The fraction of sp³-hybridized carbons (Fsp3) is 0.400. The Morgan fingerprint density at radius 1 is 1.47 bits per heavy atom. The van der Waals surface area contributed by atoms with Crippen molar-refractivity contribution in [1.82, 2.24) is 9.88 Å². The lowest BCUT2D eigenvalue weighted by Gasteiger charge is -2.17. The first-order valence-corrected chi connectivity index (χ1v) is 7.09. The molecular weight excluding hydrogens is 260 g/mol. The molecule has 100 valence electrons. The van der Waals surface area contributed by atoms with Crippen LogP contribution in [0.5, 0.6) is 0 Å². The second kappa shape index (κ2) is 4.89. The molecule has 1 fully saturated rings. The summed E-state index contributed by atoms with van der Waals surface area (Å²) >= 11 is 5.87. The Bertz CT molecular complexity index is 572. The van der Waals surface area contributed by atoms with Gasteiger partial charge in [-0.05, 0) is 30.9 Å². The van der Waals surface area contributed by atoms with E-state index in [2.05, 4.69) is 23.2 Å². The van der Waals surface area contributed by atoms with Crippen LogP contribution < -0.4 is 0 Å². The van der Waals surface area contributed by atoms with E-state index in [1.165, 1.54) is 11.1 Å². The predicted octanol–water partition coefficient (Wildman–Crippen LogP) is 3.11. The Balaban J connectivity index is 1.79. The third kappa shape index (κ3) is 2.35. The number of alkyl halides is 1. The van der Waals surface area contributed by atoms with Crippen molar-refractivity contribution in [2.24, 2.45) is 0 Å². The third-order valence-corrected chi connectivity index (χ3v) is 4.02. The lowest BCUT2D eigenvalue weighted by atomic mass is 10.1.